The van der Waals surface area contributed by atoms with E-state index in [1.807, 2.05) is 0 Å². The van der Waals surface area contributed by atoms with E-state index in [-0.39, 0.29) is 35.3 Å². The normalized spacial score (nSPS) is 11.5. The zero-order chi connectivity index (χ0) is 18.1. The number of hydrogen-bond acceptors (Lipinski definition) is 4. The van der Waals surface area contributed by atoms with Gasteiger partial charge in [0.25, 0.3) is 5.56 Å². The van der Waals surface area contributed by atoms with Crippen LogP contribution in [0.3, 0.4) is 0 Å². The van der Waals surface area contributed by atoms with Crippen LogP contribution in [0.25, 0.3) is 5.82 Å². The third kappa shape index (κ3) is 3.53. The molecule has 0 aliphatic carbocycles. The molecular weight excluding hydrogens is 351 g/mol. The van der Waals surface area contributed by atoms with Gasteiger partial charge >= 0.3 is 12.1 Å². The van der Waals surface area contributed by atoms with Crippen LogP contribution in [0.5, 0.6) is 0 Å². The Hall–Kier alpha value is -2.49. The smallest absolute Gasteiger partial charge is 0.393 e. The van der Waals surface area contributed by atoms with Gasteiger partial charge in [-0.15, -0.1) is 0 Å². The fraction of sp³-hybridized carbons (Fsp3) is 0.308. The number of nitrogens with one attached hydrogen (secondary N) is 1. The molecule has 130 valence electrons. The van der Waals surface area contributed by atoms with E-state index in [1.165, 1.54) is 23.9 Å². The standard InChI is InChI=1S/C13H13ClF3N5O2/c1-21-7(5-6-19-12(24)13(15,16)17)10(18)11(23)22(21)9-4-2-3-8(14)20-9/h2-4H,5-6,18H2,1H3,(H,19,24). The number of nitrogens with zero attached hydrogens (tertiary/aromatic N) is 3. The lowest BCUT2D eigenvalue weighted by atomic mass is 10.2. The Morgan fingerprint density at radius 1 is 1.42 bits per heavy atom. The lowest BCUT2D eigenvalue weighted by molar-refractivity contribution is -0.173. The van der Waals surface area contributed by atoms with Gasteiger partial charge in [0, 0.05) is 20.0 Å². The van der Waals surface area contributed by atoms with Gasteiger partial charge in [0.15, 0.2) is 5.82 Å². The molecule has 7 nitrogen and oxygen atoms in total. The van der Waals surface area contributed by atoms with Gasteiger partial charge in [0.2, 0.25) is 0 Å². The van der Waals surface area contributed by atoms with Crippen molar-refractivity contribution >= 4 is 23.2 Å². The Bertz CT molecular complexity index is 828. The second kappa shape index (κ2) is 6.56. The van der Waals surface area contributed by atoms with Crippen molar-refractivity contribution in [1.29, 1.82) is 0 Å². The maximum Gasteiger partial charge on any atom is 0.471 e. The first-order valence-corrected chi connectivity index (χ1v) is 7.05. The molecule has 0 fully saturated rings. The summed E-state index contributed by atoms with van der Waals surface area (Å²) in [7, 11) is 1.50. The molecule has 11 heteroatoms. The third-order valence-electron chi connectivity index (χ3n) is 3.25. The summed E-state index contributed by atoms with van der Waals surface area (Å²) in [6.07, 6.45) is -5.03. The molecule has 0 unspecified atom stereocenters. The average molecular weight is 364 g/mol. The van der Waals surface area contributed by atoms with Crippen molar-refractivity contribution in [2.24, 2.45) is 7.05 Å². The van der Waals surface area contributed by atoms with Gasteiger partial charge in [-0.1, -0.05) is 17.7 Å². The first kappa shape index (κ1) is 17.9. The van der Waals surface area contributed by atoms with Gasteiger partial charge < -0.3 is 11.1 Å². The fourth-order valence-electron chi connectivity index (χ4n) is 2.13. The van der Waals surface area contributed by atoms with E-state index in [2.05, 4.69) is 4.98 Å². The van der Waals surface area contributed by atoms with Crippen LogP contribution in [0.15, 0.2) is 23.0 Å². The molecule has 3 N–H and O–H groups in total. The van der Waals surface area contributed by atoms with Crippen LogP contribution < -0.4 is 16.6 Å². The number of nitrogen functional groups attached to an aromatic ring is 1. The predicted molar refractivity (Wildman–Crippen MR) is 81.0 cm³/mol. The number of aromatic nitrogens is 3. The molecule has 2 rings (SSSR count). The Morgan fingerprint density at radius 3 is 2.67 bits per heavy atom. The van der Waals surface area contributed by atoms with Gasteiger partial charge in [0.05, 0.1) is 5.69 Å². The number of halogens is 4. The van der Waals surface area contributed by atoms with Crippen molar-refractivity contribution in [3.8, 4) is 5.82 Å². The Labute approximate surface area is 138 Å². The highest BCUT2D eigenvalue weighted by molar-refractivity contribution is 6.29. The first-order chi connectivity index (χ1) is 11.1. The molecule has 0 bridgehead atoms. The molecule has 0 aliphatic heterocycles. The highest BCUT2D eigenvalue weighted by Gasteiger charge is 2.38. The van der Waals surface area contributed by atoms with E-state index in [0.717, 1.165) is 4.68 Å². The largest absolute Gasteiger partial charge is 0.471 e. The minimum atomic E-state index is -4.96. The van der Waals surface area contributed by atoms with E-state index in [4.69, 9.17) is 17.3 Å². The quantitative estimate of drug-likeness (QED) is 0.793. The van der Waals surface area contributed by atoms with Crippen LogP contribution in [-0.2, 0) is 18.3 Å². The topological polar surface area (TPSA) is 94.9 Å². The minimum absolute atomic E-state index is 0.0625. The second-order valence-electron chi connectivity index (χ2n) is 4.82. The summed E-state index contributed by atoms with van der Waals surface area (Å²) in [5.41, 5.74) is 5.28. The molecule has 24 heavy (non-hydrogen) atoms. The van der Waals surface area contributed by atoms with Crippen LogP contribution >= 0.6 is 11.6 Å². The zero-order valence-corrected chi connectivity index (χ0v) is 13.1. The number of nitrogens with two attached hydrogens (primary N) is 1. The highest BCUT2D eigenvalue weighted by atomic mass is 35.5. The average Bonchev–Trinajstić information content (AvgIpc) is 2.69. The molecule has 2 heterocycles. The summed E-state index contributed by atoms with van der Waals surface area (Å²) < 4.78 is 38.9. The zero-order valence-electron chi connectivity index (χ0n) is 12.4. The van der Waals surface area contributed by atoms with Gasteiger partial charge in [-0.3, -0.25) is 14.3 Å². The van der Waals surface area contributed by atoms with Crippen molar-refractivity contribution in [3.05, 3.63) is 39.4 Å². The highest BCUT2D eigenvalue weighted by Crippen LogP contribution is 2.15. The fourth-order valence-corrected chi connectivity index (χ4v) is 2.29. The number of carbonyl (C=O) groups is 1. The van der Waals surface area contributed by atoms with Crippen molar-refractivity contribution in [3.63, 3.8) is 0 Å². The Morgan fingerprint density at radius 2 is 2.08 bits per heavy atom. The number of pyridine rings is 1. The number of hydrogen-bond donors (Lipinski definition) is 2. The molecule has 1 amide bonds. The SMILES string of the molecule is Cn1c(CCNC(=O)C(F)(F)F)c(N)c(=O)n1-c1cccc(Cl)n1. The van der Waals surface area contributed by atoms with Gasteiger partial charge in [-0.05, 0) is 12.1 Å². The van der Waals surface area contributed by atoms with Gasteiger partial charge in [0.1, 0.15) is 10.8 Å². The van der Waals surface area contributed by atoms with Crippen LogP contribution in [-0.4, -0.2) is 33.0 Å². The van der Waals surface area contributed by atoms with E-state index in [1.54, 1.807) is 11.4 Å². The maximum atomic E-state index is 12.2. The molecule has 0 atom stereocenters. The summed E-state index contributed by atoms with van der Waals surface area (Å²) in [6, 6.07) is 4.64. The molecule has 0 radical (unpaired) electrons. The molecule has 0 aliphatic rings. The second-order valence-corrected chi connectivity index (χ2v) is 5.21. The number of carbonyl (C=O) groups excluding carboxylic acids is 1. The van der Waals surface area contributed by atoms with Crippen LogP contribution in [0.4, 0.5) is 18.9 Å². The van der Waals surface area contributed by atoms with E-state index in [9.17, 15) is 22.8 Å². The number of alkyl halides is 3. The lowest BCUT2D eigenvalue weighted by Crippen LogP contribution is -2.38. The summed E-state index contributed by atoms with van der Waals surface area (Å²) in [4.78, 5) is 27.0. The van der Waals surface area contributed by atoms with Crippen LogP contribution in [0.2, 0.25) is 5.15 Å². The first-order valence-electron chi connectivity index (χ1n) is 6.67. The minimum Gasteiger partial charge on any atom is -0.393 e. The Kier molecular flexibility index (Phi) is 4.88. The summed E-state index contributed by atoms with van der Waals surface area (Å²) in [6.45, 7) is -0.331. The van der Waals surface area contributed by atoms with E-state index >= 15 is 0 Å². The summed E-state index contributed by atoms with van der Waals surface area (Å²) in [5, 5.41) is 1.89. The molecule has 0 saturated heterocycles. The number of rotatable bonds is 4. The van der Waals surface area contributed by atoms with Crippen LogP contribution in [0, 0.1) is 0 Å². The van der Waals surface area contributed by atoms with Crippen LogP contribution in [0.1, 0.15) is 5.69 Å². The van der Waals surface area contributed by atoms with Crippen molar-refractivity contribution in [1.82, 2.24) is 19.7 Å². The number of anilines is 1. The molecule has 2 aromatic heterocycles. The summed E-state index contributed by atoms with van der Waals surface area (Å²) in [5.74, 6) is -1.84. The lowest BCUT2D eigenvalue weighted by Gasteiger charge is -2.11. The van der Waals surface area contributed by atoms with Gasteiger partial charge in [-0.2, -0.15) is 17.9 Å². The molecule has 0 saturated carbocycles. The van der Waals surface area contributed by atoms with Gasteiger partial charge in [-0.25, -0.2) is 4.98 Å². The molecule has 0 aromatic carbocycles. The molecule has 2 aromatic rings. The predicted octanol–water partition coefficient (Wildman–Crippen LogP) is 1.03. The molecule has 0 spiro atoms. The Balaban J connectivity index is 2.26. The van der Waals surface area contributed by atoms with Crippen molar-refractivity contribution in [2.75, 3.05) is 12.3 Å². The number of amides is 1. The monoisotopic (exact) mass is 363 g/mol. The molecular formula is C13H13ClF3N5O2. The van der Waals surface area contributed by atoms with E-state index in [0.29, 0.717) is 0 Å². The maximum absolute atomic E-state index is 12.2. The van der Waals surface area contributed by atoms with Crippen molar-refractivity contribution in [2.45, 2.75) is 12.6 Å². The van der Waals surface area contributed by atoms with Crippen molar-refractivity contribution < 1.29 is 18.0 Å². The van der Waals surface area contributed by atoms with E-state index < -0.39 is 17.6 Å². The third-order valence-corrected chi connectivity index (χ3v) is 3.46. The summed E-state index contributed by atoms with van der Waals surface area (Å²) >= 11 is 5.79.